The Morgan fingerprint density at radius 3 is 2.69 bits per heavy atom. The number of carbonyl (C=O) groups excluding carboxylic acids is 1. The van der Waals surface area contributed by atoms with Crippen molar-refractivity contribution in [2.75, 3.05) is 6.54 Å². The number of likely N-dealkylation sites (tertiary alicyclic amines) is 1. The van der Waals surface area contributed by atoms with Crippen molar-refractivity contribution < 1.29 is 4.79 Å². The number of carbonyl (C=O) groups is 1. The summed E-state index contributed by atoms with van der Waals surface area (Å²) in [6.07, 6.45) is 6.13. The van der Waals surface area contributed by atoms with Crippen molar-refractivity contribution in [3.63, 3.8) is 0 Å². The largest absolute Gasteiger partial charge is 0.334 e. The normalized spacial score (nSPS) is 22.2. The quantitative estimate of drug-likeness (QED) is 0.569. The van der Waals surface area contributed by atoms with Crippen LogP contribution in [0.15, 0.2) is 12.7 Å². The van der Waals surface area contributed by atoms with E-state index in [1.54, 1.807) is 0 Å². The van der Waals surface area contributed by atoms with Gasteiger partial charge in [-0.3, -0.25) is 4.79 Å². The summed E-state index contributed by atoms with van der Waals surface area (Å²) in [6.45, 7) is 8.70. The summed E-state index contributed by atoms with van der Waals surface area (Å²) in [5.74, 6) is 0.0758. The highest BCUT2D eigenvalue weighted by Gasteiger charge is 2.30. The van der Waals surface area contributed by atoms with Crippen LogP contribution in [0.3, 0.4) is 0 Å². The SMILES string of the molecule is C=CC(=O)N1CCCCCC1(C)C. The van der Waals surface area contributed by atoms with Gasteiger partial charge in [-0.25, -0.2) is 0 Å². The maximum absolute atomic E-state index is 11.5. The van der Waals surface area contributed by atoms with Crippen molar-refractivity contribution in [1.82, 2.24) is 4.90 Å². The third-order valence-electron chi connectivity index (χ3n) is 2.84. The van der Waals surface area contributed by atoms with Crippen LogP contribution in [0.4, 0.5) is 0 Å². The van der Waals surface area contributed by atoms with E-state index in [0.29, 0.717) is 0 Å². The van der Waals surface area contributed by atoms with E-state index in [4.69, 9.17) is 0 Å². The van der Waals surface area contributed by atoms with Gasteiger partial charge in [-0.2, -0.15) is 0 Å². The van der Waals surface area contributed by atoms with Gasteiger partial charge in [-0.05, 0) is 32.8 Å². The average Bonchev–Trinajstić information content (AvgIpc) is 2.25. The maximum Gasteiger partial charge on any atom is 0.246 e. The summed E-state index contributed by atoms with van der Waals surface area (Å²) in [6, 6.07) is 0. The predicted molar refractivity (Wildman–Crippen MR) is 54.5 cm³/mol. The summed E-state index contributed by atoms with van der Waals surface area (Å²) >= 11 is 0. The monoisotopic (exact) mass is 181 g/mol. The standard InChI is InChI=1S/C11H19NO/c1-4-10(13)12-9-7-5-6-8-11(12,2)3/h4H,1,5-9H2,2-3H3. The Morgan fingerprint density at radius 2 is 2.08 bits per heavy atom. The Hall–Kier alpha value is -0.790. The van der Waals surface area contributed by atoms with Gasteiger partial charge >= 0.3 is 0 Å². The van der Waals surface area contributed by atoms with Gasteiger partial charge in [0.05, 0.1) is 0 Å². The van der Waals surface area contributed by atoms with Crippen molar-refractivity contribution >= 4 is 5.91 Å². The van der Waals surface area contributed by atoms with Crippen LogP contribution in [0.1, 0.15) is 39.5 Å². The molecule has 1 heterocycles. The van der Waals surface area contributed by atoms with E-state index in [-0.39, 0.29) is 11.4 Å². The van der Waals surface area contributed by atoms with Crippen molar-refractivity contribution in [2.45, 2.75) is 45.1 Å². The molecule has 0 bridgehead atoms. The molecule has 2 heteroatoms. The van der Waals surface area contributed by atoms with E-state index in [0.717, 1.165) is 19.4 Å². The van der Waals surface area contributed by atoms with Crippen LogP contribution in [0.2, 0.25) is 0 Å². The van der Waals surface area contributed by atoms with Crippen molar-refractivity contribution in [3.8, 4) is 0 Å². The molecule has 0 radical (unpaired) electrons. The van der Waals surface area contributed by atoms with Crippen LogP contribution in [-0.2, 0) is 4.79 Å². The molecule has 1 amide bonds. The minimum atomic E-state index is 0.0156. The molecule has 0 aromatic heterocycles. The first kappa shape index (κ1) is 10.3. The molecule has 0 saturated carbocycles. The van der Waals surface area contributed by atoms with E-state index < -0.39 is 0 Å². The third-order valence-corrected chi connectivity index (χ3v) is 2.84. The molecule has 0 aromatic carbocycles. The molecule has 1 aliphatic heterocycles. The molecular formula is C11H19NO. The van der Waals surface area contributed by atoms with Gasteiger partial charge in [0.2, 0.25) is 5.91 Å². The van der Waals surface area contributed by atoms with Gasteiger partial charge in [0.15, 0.2) is 0 Å². The molecule has 0 atom stereocenters. The Bertz CT molecular complexity index is 208. The van der Waals surface area contributed by atoms with Gasteiger partial charge in [0.25, 0.3) is 0 Å². The van der Waals surface area contributed by atoms with Crippen LogP contribution < -0.4 is 0 Å². The molecule has 0 unspecified atom stereocenters. The minimum absolute atomic E-state index is 0.0156. The fourth-order valence-electron chi connectivity index (χ4n) is 1.96. The number of amides is 1. The molecule has 1 fully saturated rings. The van der Waals surface area contributed by atoms with Crippen LogP contribution in [0.25, 0.3) is 0 Å². The molecule has 0 aliphatic carbocycles. The molecule has 1 saturated heterocycles. The number of hydrogen-bond donors (Lipinski definition) is 0. The lowest BCUT2D eigenvalue weighted by molar-refractivity contribution is -0.131. The number of nitrogens with zero attached hydrogens (tertiary/aromatic N) is 1. The van der Waals surface area contributed by atoms with Crippen LogP contribution in [-0.4, -0.2) is 22.9 Å². The van der Waals surface area contributed by atoms with E-state index in [1.807, 2.05) is 4.90 Å². The lowest BCUT2D eigenvalue weighted by Gasteiger charge is -2.36. The first-order valence-electron chi connectivity index (χ1n) is 5.02. The van der Waals surface area contributed by atoms with Gasteiger partial charge in [-0.1, -0.05) is 19.4 Å². The predicted octanol–water partition coefficient (Wildman–Crippen LogP) is 2.35. The Balaban J connectivity index is 2.77. The van der Waals surface area contributed by atoms with E-state index in [2.05, 4.69) is 20.4 Å². The first-order chi connectivity index (χ1) is 6.08. The van der Waals surface area contributed by atoms with Crippen molar-refractivity contribution in [1.29, 1.82) is 0 Å². The zero-order chi connectivity index (χ0) is 9.90. The van der Waals surface area contributed by atoms with Gasteiger partial charge < -0.3 is 4.90 Å². The molecule has 1 rings (SSSR count). The summed E-state index contributed by atoms with van der Waals surface area (Å²) < 4.78 is 0. The zero-order valence-corrected chi connectivity index (χ0v) is 8.68. The lowest BCUT2D eigenvalue weighted by Crippen LogP contribution is -2.46. The molecule has 74 valence electrons. The fourth-order valence-corrected chi connectivity index (χ4v) is 1.96. The molecule has 0 spiro atoms. The number of hydrogen-bond acceptors (Lipinski definition) is 1. The van der Waals surface area contributed by atoms with E-state index in [1.165, 1.54) is 18.9 Å². The van der Waals surface area contributed by atoms with E-state index >= 15 is 0 Å². The Labute approximate surface area is 80.6 Å². The second-order valence-corrected chi connectivity index (χ2v) is 4.32. The van der Waals surface area contributed by atoms with Crippen molar-refractivity contribution in [3.05, 3.63) is 12.7 Å². The smallest absolute Gasteiger partial charge is 0.246 e. The molecule has 13 heavy (non-hydrogen) atoms. The summed E-state index contributed by atoms with van der Waals surface area (Å²) in [7, 11) is 0. The molecule has 0 N–H and O–H groups in total. The summed E-state index contributed by atoms with van der Waals surface area (Å²) in [4.78, 5) is 13.5. The number of rotatable bonds is 1. The second kappa shape index (κ2) is 3.95. The van der Waals surface area contributed by atoms with Crippen LogP contribution in [0, 0.1) is 0 Å². The van der Waals surface area contributed by atoms with Gasteiger partial charge in [0, 0.05) is 12.1 Å². The highest BCUT2D eigenvalue weighted by Crippen LogP contribution is 2.26. The minimum Gasteiger partial charge on any atom is -0.334 e. The maximum atomic E-state index is 11.5. The highest BCUT2D eigenvalue weighted by molar-refractivity contribution is 5.87. The van der Waals surface area contributed by atoms with Gasteiger partial charge in [-0.15, -0.1) is 0 Å². The molecule has 1 aliphatic rings. The Morgan fingerprint density at radius 1 is 1.38 bits per heavy atom. The average molecular weight is 181 g/mol. The van der Waals surface area contributed by atoms with Gasteiger partial charge in [0.1, 0.15) is 0 Å². The zero-order valence-electron chi connectivity index (χ0n) is 8.68. The lowest BCUT2D eigenvalue weighted by atomic mass is 9.97. The topological polar surface area (TPSA) is 20.3 Å². The first-order valence-corrected chi connectivity index (χ1v) is 5.02. The third kappa shape index (κ3) is 2.33. The summed E-state index contributed by atoms with van der Waals surface area (Å²) in [5.41, 5.74) is 0.0156. The second-order valence-electron chi connectivity index (χ2n) is 4.32. The highest BCUT2D eigenvalue weighted by atomic mass is 16.2. The molecule has 0 aromatic rings. The Kier molecular flexibility index (Phi) is 3.12. The van der Waals surface area contributed by atoms with E-state index in [9.17, 15) is 4.79 Å². The molecule has 2 nitrogen and oxygen atoms in total. The molecular weight excluding hydrogens is 162 g/mol. The van der Waals surface area contributed by atoms with Crippen LogP contribution in [0.5, 0.6) is 0 Å². The van der Waals surface area contributed by atoms with Crippen LogP contribution >= 0.6 is 0 Å². The summed E-state index contributed by atoms with van der Waals surface area (Å²) in [5, 5.41) is 0. The van der Waals surface area contributed by atoms with Crippen molar-refractivity contribution in [2.24, 2.45) is 0 Å². The fraction of sp³-hybridized carbons (Fsp3) is 0.727.